The Labute approximate surface area is 202 Å². The van der Waals surface area contributed by atoms with Crippen LogP contribution in [0.15, 0.2) is 61.1 Å². The Bertz CT molecular complexity index is 1600. The van der Waals surface area contributed by atoms with Crippen molar-refractivity contribution in [3.63, 3.8) is 0 Å². The molecule has 35 heavy (non-hydrogen) atoms. The van der Waals surface area contributed by atoms with Crippen LogP contribution in [0.25, 0.3) is 44.2 Å². The van der Waals surface area contributed by atoms with Crippen LogP contribution in [0.1, 0.15) is 18.4 Å². The molecule has 6 rings (SSSR count). The van der Waals surface area contributed by atoms with Crippen molar-refractivity contribution in [2.75, 3.05) is 13.1 Å². The molecule has 0 radical (unpaired) electrons. The molecule has 174 valence electrons. The Morgan fingerprint density at radius 3 is 2.69 bits per heavy atom. The Morgan fingerprint density at radius 1 is 1.06 bits per heavy atom. The molecule has 0 aliphatic carbocycles. The van der Waals surface area contributed by atoms with Gasteiger partial charge < -0.3 is 9.88 Å². The number of pyridine rings is 1. The number of hydrogen-bond acceptors (Lipinski definition) is 4. The van der Waals surface area contributed by atoms with Crippen LogP contribution in [-0.2, 0) is 13.6 Å². The quantitative estimate of drug-likeness (QED) is 0.393. The van der Waals surface area contributed by atoms with Crippen LogP contribution in [0, 0.1) is 23.1 Å². The van der Waals surface area contributed by atoms with E-state index in [2.05, 4.69) is 33.3 Å². The first-order valence-electron chi connectivity index (χ1n) is 11.9. The maximum absolute atomic E-state index is 14.7. The van der Waals surface area contributed by atoms with Crippen LogP contribution in [0.5, 0.6) is 0 Å². The van der Waals surface area contributed by atoms with E-state index >= 15 is 0 Å². The van der Waals surface area contributed by atoms with Gasteiger partial charge in [-0.1, -0.05) is 12.1 Å². The lowest BCUT2D eigenvalue weighted by Crippen LogP contribution is -2.29. The Balaban J connectivity index is 1.54. The number of nitriles is 1. The van der Waals surface area contributed by atoms with E-state index in [-0.39, 0.29) is 5.56 Å². The van der Waals surface area contributed by atoms with Gasteiger partial charge in [-0.2, -0.15) is 10.4 Å². The molecule has 0 atom stereocenters. The molecule has 0 bridgehead atoms. The summed E-state index contributed by atoms with van der Waals surface area (Å²) in [5.74, 6) is 0.0973. The molecule has 0 unspecified atom stereocenters. The highest BCUT2D eigenvalue weighted by Crippen LogP contribution is 2.38. The number of piperidine rings is 1. The average Bonchev–Trinajstić information content (AvgIpc) is 3.47. The summed E-state index contributed by atoms with van der Waals surface area (Å²) in [6, 6.07) is 15.0. The fraction of sp³-hybridized carbons (Fsp3) is 0.250. The van der Waals surface area contributed by atoms with E-state index in [9.17, 15) is 9.65 Å². The van der Waals surface area contributed by atoms with Crippen LogP contribution in [0.3, 0.4) is 0 Å². The number of hydrogen-bond donors (Lipinski definition) is 1. The molecule has 1 aliphatic heterocycles. The Hall–Kier alpha value is -4.02. The molecule has 1 aliphatic rings. The summed E-state index contributed by atoms with van der Waals surface area (Å²) in [5, 5.41) is 19.1. The maximum Gasteiger partial charge on any atom is 0.141 e. The van der Waals surface area contributed by atoms with Gasteiger partial charge in [0, 0.05) is 41.7 Å². The van der Waals surface area contributed by atoms with Crippen molar-refractivity contribution in [1.29, 1.82) is 5.26 Å². The number of benzene rings is 2. The number of fused-ring (bicyclic) bond motifs is 2. The molecule has 4 heterocycles. The van der Waals surface area contributed by atoms with Gasteiger partial charge in [0.1, 0.15) is 11.9 Å². The van der Waals surface area contributed by atoms with Crippen molar-refractivity contribution in [2.24, 2.45) is 13.0 Å². The first kappa shape index (κ1) is 21.5. The van der Waals surface area contributed by atoms with Crippen molar-refractivity contribution >= 4 is 21.8 Å². The molecule has 5 aromatic rings. The van der Waals surface area contributed by atoms with Crippen LogP contribution in [0.2, 0.25) is 0 Å². The highest BCUT2D eigenvalue weighted by Gasteiger charge is 2.20. The summed E-state index contributed by atoms with van der Waals surface area (Å²) in [4.78, 5) is 4.92. The number of rotatable bonds is 4. The smallest absolute Gasteiger partial charge is 0.141 e. The van der Waals surface area contributed by atoms with E-state index < -0.39 is 5.82 Å². The van der Waals surface area contributed by atoms with Crippen molar-refractivity contribution in [1.82, 2.24) is 24.6 Å². The summed E-state index contributed by atoms with van der Waals surface area (Å²) < 4.78 is 18.8. The Morgan fingerprint density at radius 2 is 1.89 bits per heavy atom. The molecular formula is C28H25FN6. The molecule has 1 N–H and O–H groups in total. The standard InChI is InChI=1S/C28H25FN6/c1-34-25-5-4-20(12-22(25)15-33-34)28-27(19-2-3-21(14-30)24(29)13-19)23-8-11-35(26(23)16-32-28)17-18-6-9-31-10-7-18/h2-5,8,11-13,15-16,18,31H,6-7,9-10,17H2,1H3. The van der Waals surface area contributed by atoms with Crippen molar-refractivity contribution in [2.45, 2.75) is 19.4 Å². The lowest BCUT2D eigenvalue weighted by Gasteiger charge is -2.23. The zero-order valence-electron chi connectivity index (χ0n) is 19.5. The van der Waals surface area contributed by atoms with Gasteiger partial charge in [-0.15, -0.1) is 0 Å². The van der Waals surface area contributed by atoms with E-state index in [0.717, 1.165) is 71.1 Å². The molecule has 2 aromatic carbocycles. The second-order valence-electron chi connectivity index (χ2n) is 9.29. The summed E-state index contributed by atoms with van der Waals surface area (Å²) in [7, 11) is 1.92. The van der Waals surface area contributed by atoms with E-state index in [1.807, 2.05) is 48.4 Å². The van der Waals surface area contributed by atoms with E-state index in [4.69, 9.17) is 4.98 Å². The number of nitrogens with zero attached hydrogens (tertiary/aromatic N) is 5. The van der Waals surface area contributed by atoms with Gasteiger partial charge in [-0.25, -0.2) is 4.39 Å². The van der Waals surface area contributed by atoms with Crippen LogP contribution in [-0.4, -0.2) is 32.4 Å². The van der Waals surface area contributed by atoms with Gasteiger partial charge in [0.15, 0.2) is 0 Å². The highest BCUT2D eigenvalue weighted by atomic mass is 19.1. The molecular weight excluding hydrogens is 439 g/mol. The van der Waals surface area contributed by atoms with Crippen molar-refractivity contribution in [3.05, 3.63) is 72.4 Å². The first-order valence-corrected chi connectivity index (χ1v) is 11.9. The molecule has 6 nitrogen and oxygen atoms in total. The average molecular weight is 465 g/mol. The number of aryl methyl sites for hydroxylation is 1. The number of nitrogens with one attached hydrogen (secondary N) is 1. The van der Waals surface area contributed by atoms with Crippen LogP contribution >= 0.6 is 0 Å². The van der Waals surface area contributed by atoms with Gasteiger partial charge in [0.25, 0.3) is 0 Å². The largest absolute Gasteiger partial charge is 0.346 e. The second kappa shape index (κ2) is 8.64. The lowest BCUT2D eigenvalue weighted by molar-refractivity contribution is 0.337. The fourth-order valence-electron chi connectivity index (χ4n) is 5.24. The maximum atomic E-state index is 14.7. The van der Waals surface area contributed by atoms with Gasteiger partial charge in [0.05, 0.1) is 34.7 Å². The summed E-state index contributed by atoms with van der Waals surface area (Å²) in [6.07, 6.45) is 8.20. The predicted octanol–water partition coefficient (Wildman–Crippen LogP) is 5.27. The minimum absolute atomic E-state index is 0.0377. The zero-order valence-corrected chi connectivity index (χ0v) is 19.5. The van der Waals surface area contributed by atoms with Gasteiger partial charge in [-0.3, -0.25) is 9.67 Å². The van der Waals surface area contributed by atoms with Crippen LogP contribution < -0.4 is 5.32 Å². The number of aromatic nitrogens is 4. The monoisotopic (exact) mass is 464 g/mol. The highest BCUT2D eigenvalue weighted by molar-refractivity contribution is 6.02. The molecule has 1 saturated heterocycles. The molecule has 0 saturated carbocycles. The predicted molar refractivity (Wildman–Crippen MR) is 135 cm³/mol. The Kier molecular flexibility index (Phi) is 5.31. The van der Waals surface area contributed by atoms with E-state index in [1.165, 1.54) is 6.07 Å². The van der Waals surface area contributed by atoms with Gasteiger partial charge >= 0.3 is 0 Å². The zero-order chi connectivity index (χ0) is 23.9. The lowest BCUT2D eigenvalue weighted by atomic mass is 9.95. The van der Waals surface area contributed by atoms with Crippen molar-refractivity contribution in [3.8, 4) is 28.5 Å². The first-order chi connectivity index (χ1) is 17.1. The normalized spacial score (nSPS) is 14.5. The summed E-state index contributed by atoms with van der Waals surface area (Å²) >= 11 is 0. The third kappa shape index (κ3) is 3.76. The molecule has 1 fully saturated rings. The van der Waals surface area contributed by atoms with E-state index in [0.29, 0.717) is 11.5 Å². The molecule has 0 spiro atoms. The van der Waals surface area contributed by atoms with Crippen molar-refractivity contribution < 1.29 is 4.39 Å². The topological polar surface area (TPSA) is 71.5 Å². The molecule has 0 amide bonds. The molecule has 3 aromatic heterocycles. The SMILES string of the molecule is Cn1ncc2cc(-c3ncc4c(ccn4CC4CCNCC4)c3-c3ccc(C#N)c(F)c3)ccc21. The van der Waals surface area contributed by atoms with Crippen LogP contribution in [0.4, 0.5) is 4.39 Å². The minimum Gasteiger partial charge on any atom is -0.346 e. The third-order valence-electron chi connectivity index (χ3n) is 7.14. The third-order valence-corrected chi connectivity index (χ3v) is 7.14. The van der Waals surface area contributed by atoms with E-state index in [1.54, 1.807) is 6.07 Å². The summed E-state index contributed by atoms with van der Waals surface area (Å²) in [6.45, 7) is 3.05. The fourth-order valence-corrected chi connectivity index (χ4v) is 5.24. The van der Waals surface area contributed by atoms with Gasteiger partial charge in [-0.05, 0) is 67.7 Å². The second-order valence-corrected chi connectivity index (χ2v) is 9.29. The minimum atomic E-state index is -0.523. The summed E-state index contributed by atoms with van der Waals surface area (Å²) in [5.41, 5.74) is 5.42. The molecule has 7 heteroatoms. The number of halogens is 1. The van der Waals surface area contributed by atoms with Gasteiger partial charge in [0.2, 0.25) is 0 Å².